The van der Waals surface area contributed by atoms with Gasteiger partial charge in [-0.2, -0.15) is 0 Å². The molecule has 1 unspecified atom stereocenters. The van der Waals surface area contributed by atoms with E-state index in [4.69, 9.17) is 0 Å². The van der Waals surface area contributed by atoms with Gasteiger partial charge >= 0.3 is 0 Å². The minimum absolute atomic E-state index is 0.181. The summed E-state index contributed by atoms with van der Waals surface area (Å²) in [5.41, 5.74) is 2.87. The number of benzene rings is 2. The summed E-state index contributed by atoms with van der Waals surface area (Å²) in [5.74, 6) is -0.181. The average molecular weight is 361 g/mol. The summed E-state index contributed by atoms with van der Waals surface area (Å²) in [5, 5.41) is 2.92. The smallest absolute Gasteiger partial charge is 0.251 e. The van der Waals surface area contributed by atoms with Crippen LogP contribution in [0.3, 0.4) is 0 Å². The van der Waals surface area contributed by atoms with Gasteiger partial charge in [0.15, 0.2) is 0 Å². The zero-order valence-electron chi connectivity index (χ0n) is 14.8. The molecular formula is C18H23N3O3S. The molecule has 7 heteroatoms. The van der Waals surface area contributed by atoms with E-state index >= 15 is 0 Å². The number of rotatable bonds is 6. The lowest BCUT2D eigenvalue weighted by atomic mass is 10.1. The van der Waals surface area contributed by atoms with Crippen LogP contribution in [0.4, 0.5) is 11.4 Å². The molecule has 0 spiro atoms. The fourth-order valence-electron chi connectivity index (χ4n) is 2.36. The molecule has 0 aliphatic carbocycles. The molecule has 25 heavy (non-hydrogen) atoms. The Kier molecular flexibility index (Phi) is 5.69. The topological polar surface area (TPSA) is 78.5 Å². The second-order valence-electron chi connectivity index (χ2n) is 6.14. The zero-order valence-corrected chi connectivity index (χ0v) is 15.6. The summed E-state index contributed by atoms with van der Waals surface area (Å²) in [6.07, 6.45) is 1.10. The molecule has 2 N–H and O–H groups in total. The zero-order chi connectivity index (χ0) is 18.6. The van der Waals surface area contributed by atoms with E-state index in [1.165, 1.54) is 0 Å². The third-order valence-corrected chi connectivity index (χ3v) is 4.29. The summed E-state index contributed by atoms with van der Waals surface area (Å²) in [6.45, 7) is 1.85. The molecule has 0 bridgehead atoms. The van der Waals surface area contributed by atoms with E-state index in [0.717, 1.165) is 17.5 Å². The first-order chi connectivity index (χ1) is 11.7. The summed E-state index contributed by atoms with van der Waals surface area (Å²) in [6, 6.07) is 14.0. The minimum atomic E-state index is -3.34. The number of carbonyl (C=O) groups excluding carboxylic acids is 1. The number of anilines is 2. The molecule has 0 aromatic heterocycles. The fraction of sp³-hybridized carbons (Fsp3) is 0.278. The number of nitrogens with one attached hydrogen (secondary N) is 2. The minimum Gasteiger partial charge on any atom is -0.378 e. The third-order valence-electron chi connectivity index (χ3n) is 3.68. The summed E-state index contributed by atoms with van der Waals surface area (Å²) < 4.78 is 25.1. The second-order valence-corrected chi connectivity index (χ2v) is 7.88. The number of hydrogen-bond acceptors (Lipinski definition) is 4. The quantitative estimate of drug-likeness (QED) is 0.829. The van der Waals surface area contributed by atoms with Crippen molar-refractivity contribution in [2.45, 2.75) is 13.0 Å². The van der Waals surface area contributed by atoms with Gasteiger partial charge in [0.05, 0.1) is 12.3 Å². The molecule has 6 nitrogen and oxygen atoms in total. The molecule has 2 rings (SSSR count). The Balaban J connectivity index is 2.09. The predicted octanol–water partition coefficient (Wildman–Crippen LogP) is 2.62. The van der Waals surface area contributed by atoms with Crippen molar-refractivity contribution >= 4 is 27.3 Å². The Morgan fingerprint density at radius 3 is 2.28 bits per heavy atom. The van der Waals surface area contributed by atoms with Crippen LogP contribution in [0.1, 0.15) is 28.9 Å². The lowest BCUT2D eigenvalue weighted by molar-refractivity contribution is 0.0940. The van der Waals surface area contributed by atoms with E-state index in [-0.39, 0.29) is 11.9 Å². The first kappa shape index (κ1) is 18.8. The van der Waals surface area contributed by atoms with Crippen LogP contribution in [0, 0.1) is 0 Å². The fourth-order valence-corrected chi connectivity index (χ4v) is 2.91. The summed E-state index contributed by atoms with van der Waals surface area (Å²) in [4.78, 5) is 14.3. The van der Waals surface area contributed by atoms with E-state index < -0.39 is 10.0 Å². The molecule has 0 saturated heterocycles. The molecule has 0 saturated carbocycles. The Labute approximate surface area is 148 Å². The lowest BCUT2D eigenvalue weighted by Gasteiger charge is -2.16. The van der Waals surface area contributed by atoms with Gasteiger partial charge in [0.1, 0.15) is 0 Å². The van der Waals surface area contributed by atoms with Gasteiger partial charge in [-0.15, -0.1) is 0 Å². The maximum Gasteiger partial charge on any atom is 0.251 e. The first-order valence-corrected chi connectivity index (χ1v) is 9.71. The van der Waals surface area contributed by atoms with Gasteiger partial charge in [-0.3, -0.25) is 9.52 Å². The van der Waals surface area contributed by atoms with E-state index in [1.54, 1.807) is 30.3 Å². The van der Waals surface area contributed by atoms with Gasteiger partial charge in [0.2, 0.25) is 10.0 Å². The van der Waals surface area contributed by atoms with Crippen LogP contribution >= 0.6 is 0 Å². The second kappa shape index (κ2) is 7.57. The average Bonchev–Trinajstić information content (AvgIpc) is 2.53. The molecule has 2 aromatic rings. The van der Waals surface area contributed by atoms with Crippen molar-refractivity contribution in [1.29, 1.82) is 0 Å². The Hall–Kier alpha value is -2.54. The highest BCUT2D eigenvalue weighted by Gasteiger charge is 2.13. The van der Waals surface area contributed by atoms with Crippen molar-refractivity contribution in [3.8, 4) is 0 Å². The number of hydrogen-bond donors (Lipinski definition) is 2. The van der Waals surface area contributed by atoms with Gasteiger partial charge in [0, 0.05) is 31.0 Å². The SMILES string of the molecule is CC(NC(=O)c1ccc(N(C)C)cc1)c1cccc(NS(C)(=O)=O)c1. The summed E-state index contributed by atoms with van der Waals surface area (Å²) in [7, 11) is 0.540. The van der Waals surface area contributed by atoms with E-state index in [1.807, 2.05) is 44.1 Å². The van der Waals surface area contributed by atoms with Crippen LogP contribution in [0.25, 0.3) is 0 Å². The van der Waals surface area contributed by atoms with E-state index in [2.05, 4.69) is 10.0 Å². The molecule has 0 fully saturated rings. The van der Waals surface area contributed by atoms with Crippen molar-refractivity contribution in [3.05, 3.63) is 59.7 Å². The van der Waals surface area contributed by atoms with Crippen LogP contribution in [0.2, 0.25) is 0 Å². The van der Waals surface area contributed by atoms with Crippen LogP contribution < -0.4 is 14.9 Å². The van der Waals surface area contributed by atoms with Crippen LogP contribution in [-0.4, -0.2) is 34.7 Å². The van der Waals surface area contributed by atoms with E-state index in [9.17, 15) is 13.2 Å². The van der Waals surface area contributed by atoms with Gasteiger partial charge in [-0.1, -0.05) is 12.1 Å². The largest absolute Gasteiger partial charge is 0.378 e. The highest BCUT2D eigenvalue weighted by molar-refractivity contribution is 7.92. The molecule has 1 amide bonds. The monoisotopic (exact) mass is 361 g/mol. The van der Waals surface area contributed by atoms with Crippen molar-refractivity contribution in [2.75, 3.05) is 30.0 Å². The van der Waals surface area contributed by atoms with Gasteiger partial charge in [-0.25, -0.2) is 8.42 Å². The highest BCUT2D eigenvalue weighted by atomic mass is 32.2. The molecular weight excluding hydrogens is 338 g/mol. The Morgan fingerprint density at radius 2 is 1.72 bits per heavy atom. The van der Waals surface area contributed by atoms with Gasteiger partial charge < -0.3 is 10.2 Å². The molecule has 0 aliphatic rings. The number of carbonyl (C=O) groups is 1. The summed E-state index contributed by atoms with van der Waals surface area (Å²) >= 11 is 0. The molecule has 1 atom stereocenters. The van der Waals surface area contributed by atoms with Gasteiger partial charge in [0.25, 0.3) is 5.91 Å². The van der Waals surface area contributed by atoms with Crippen molar-refractivity contribution in [1.82, 2.24) is 5.32 Å². The van der Waals surface area contributed by atoms with Crippen LogP contribution in [-0.2, 0) is 10.0 Å². The molecule has 0 radical (unpaired) electrons. The van der Waals surface area contributed by atoms with Crippen molar-refractivity contribution in [2.24, 2.45) is 0 Å². The Bertz CT molecular complexity index is 846. The lowest BCUT2D eigenvalue weighted by Crippen LogP contribution is -2.26. The number of amides is 1. The van der Waals surface area contributed by atoms with Crippen molar-refractivity contribution < 1.29 is 13.2 Å². The normalized spacial score (nSPS) is 12.3. The van der Waals surface area contributed by atoms with Crippen molar-refractivity contribution in [3.63, 3.8) is 0 Å². The highest BCUT2D eigenvalue weighted by Crippen LogP contribution is 2.19. The maximum atomic E-state index is 12.4. The molecule has 2 aromatic carbocycles. The van der Waals surface area contributed by atoms with Crippen LogP contribution in [0.15, 0.2) is 48.5 Å². The van der Waals surface area contributed by atoms with Crippen LogP contribution in [0.5, 0.6) is 0 Å². The van der Waals surface area contributed by atoms with Gasteiger partial charge in [-0.05, 0) is 48.9 Å². The molecule has 134 valence electrons. The number of nitrogens with zero attached hydrogens (tertiary/aromatic N) is 1. The van der Waals surface area contributed by atoms with E-state index in [0.29, 0.717) is 11.3 Å². The molecule has 0 aliphatic heterocycles. The first-order valence-electron chi connectivity index (χ1n) is 7.82. The molecule has 0 heterocycles. The third kappa shape index (κ3) is 5.49. The maximum absolute atomic E-state index is 12.4. The number of sulfonamides is 1. The standard InChI is InChI=1S/C18H23N3O3S/c1-13(15-6-5-7-16(12-15)20-25(4,23)24)19-18(22)14-8-10-17(11-9-14)21(2)3/h5-13,20H,1-4H3,(H,19,22). The Morgan fingerprint density at radius 1 is 1.08 bits per heavy atom. The predicted molar refractivity (Wildman–Crippen MR) is 102 cm³/mol.